The summed E-state index contributed by atoms with van der Waals surface area (Å²) in [6.07, 6.45) is 3.60. The Bertz CT molecular complexity index is 375. The first kappa shape index (κ1) is 9.48. The molecule has 0 unspecified atom stereocenters. The summed E-state index contributed by atoms with van der Waals surface area (Å²) in [6, 6.07) is 1.52. The van der Waals surface area contributed by atoms with E-state index >= 15 is 0 Å². The molecule has 0 fully saturated rings. The molecule has 3 nitrogen and oxygen atoms in total. The first-order valence-corrected chi connectivity index (χ1v) is 5.73. The van der Waals surface area contributed by atoms with Gasteiger partial charge in [0, 0.05) is 23.1 Å². The van der Waals surface area contributed by atoms with Crippen molar-refractivity contribution in [3.05, 3.63) is 24.0 Å². The number of aromatic nitrogens is 1. The Kier molecular flexibility index (Phi) is 2.69. The van der Waals surface area contributed by atoms with Crippen LogP contribution in [0.25, 0.3) is 0 Å². The van der Waals surface area contributed by atoms with Crippen molar-refractivity contribution in [2.75, 3.05) is 0 Å². The van der Waals surface area contributed by atoms with E-state index in [0.717, 1.165) is 12.0 Å². The summed E-state index contributed by atoms with van der Waals surface area (Å²) < 4.78 is 21.7. The Morgan fingerprint density at radius 3 is 2.67 bits per heavy atom. The summed E-state index contributed by atoms with van der Waals surface area (Å²) in [5.41, 5.74) is 0.858. The summed E-state index contributed by atoms with van der Waals surface area (Å²) in [4.78, 5) is 3.82. The molecular formula is C7H8ClNO2S. The van der Waals surface area contributed by atoms with Gasteiger partial charge in [0.05, 0.1) is 0 Å². The Morgan fingerprint density at radius 2 is 2.17 bits per heavy atom. The third-order valence-corrected chi connectivity index (χ3v) is 2.78. The van der Waals surface area contributed by atoms with Crippen LogP contribution in [0.1, 0.15) is 12.5 Å². The van der Waals surface area contributed by atoms with Crippen LogP contribution in [0.5, 0.6) is 0 Å². The standard InChI is InChI=1S/C7H8ClNO2S/c1-2-6-3-7(5-9-4-6)12(8,10)11/h3-5H,2H2,1H3. The summed E-state index contributed by atoms with van der Waals surface area (Å²) >= 11 is 0. The Hall–Kier alpha value is -0.610. The summed E-state index contributed by atoms with van der Waals surface area (Å²) in [6.45, 7) is 1.92. The highest BCUT2D eigenvalue weighted by Gasteiger charge is 2.09. The maximum atomic E-state index is 10.8. The molecular weight excluding hydrogens is 198 g/mol. The summed E-state index contributed by atoms with van der Waals surface area (Å²) in [5, 5.41) is 0. The highest BCUT2D eigenvalue weighted by molar-refractivity contribution is 8.13. The Labute approximate surface area is 75.8 Å². The number of aryl methyl sites for hydroxylation is 1. The van der Waals surface area contributed by atoms with Crippen molar-refractivity contribution in [2.45, 2.75) is 18.2 Å². The molecule has 0 saturated heterocycles. The van der Waals surface area contributed by atoms with E-state index < -0.39 is 9.05 Å². The number of rotatable bonds is 2. The molecule has 1 rings (SSSR count). The van der Waals surface area contributed by atoms with Gasteiger partial charge in [-0.25, -0.2) is 8.42 Å². The van der Waals surface area contributed by atoms with Crippen LogP contribution < -0.4 is 0 Å². The molecule has 0 bridgehead atoms. The zero-order valence-electron chi connectivity index (χ0n) is 6.49. The quantitative estimate of drug-likeness (QED) is 0.689. The van der Waals surface area contributed by atoms with Crippen molar-refractivity contribution >= 4 is 19.7 Å². The van der Waals surface area contributed by atoms with E-state index in [1.165, 1.54) is 12.3 Å². The van der Waals surface area contributed by atoms with Gasteiger partial charge in [0.15, 0.2) is 0 Å². The zero-order chi connectivity index (χ0) is 9.19. The molecule has 0 aliphatic carbocycles. The smallest absolute Gasteiger partial charge is 0.262 e. The van der Waals surface area contributed by atoms with Gasteiger partial charge in [-0.15, -0.1) is 0 Å². The molecule has 1 aromatic rings. The Balaban J connectivity index is 3.20. The molecule has 1 aromatic heterocycles. The van der Waals surface area contributed by atoms with Crippen LogP contribution in [0.4, 0.5) is 0 Å². The van der Waals surface area contributed by atoms with Crippen LogP contribution in [0.2, 0.25) is 0 Å². The van der Waals surface area contributed by atoms with Crippen molar-refractivity contribution in [3.8, 4) is 0 Å². The normalized spacial score (nSPS) is 11.5. The molecule has 1 heterocycles. The van der Waals surface area contributed by atoms with Gasteiger partial charge in [0.2, 0.25) is 0 Å². The SMILES string of the molecule is CCc1cncc(S(=O)(=O)Cl)c1. The van der Waals surface area contributed by atoms with E-state index in [2.05, 4.69) is 4.98 Å². The molecule has 0 atom stereocenters. The molecule has 5 heteroatoms. The minimum atomic E-state index is -3.63. The topological polar surface area (TPSA) is 47.0 Å². The highest BCUT2D eigenvalue weighted by atomic mass is 35.7. The largest absolute Gasteiger partial charge is 0.263 e. The fraction of sp³-hybridized carbons (Fsp3) is 0.286. The predicted octanol–water partition coefficient (Wildman–Crippen LogP) is 1.57. The molecule has 0 radical (unpaired) electrons. The molecule has 0 amide bonds. The molecule has 66 valence electrons. The number of nitrogens with zero attached hydrogens (tertiary/aromatic N) is 1. The van der Waals surface area contributed by atoms with Gasteiger partial charge in [-0.2, -0.15) is 0 Å². The third kappa shape index (κ3) is 2.19. The lowest BCUT2D eigenvalue weighted by molar-refractivity contribution is 0.609. The van der Waals surface area contributed by atoms with Gasteiger partial charge in [0.25, 0.3) is 9.05 Å². The van der Waals surface area contributed by atoms with Crippen LogP contribution >= 0.6 is 10.7 Å². The van der Waals surface area contributed by atoms with Crippen LogP contribution in [0, 0.1) is 0 Å². The summed E-state index contributed by atoms with van der Waals surface area (Å²) in [5.74, 6) is 0. The first-order chi connectivity index (χ1) is 5.54. The van der Waals surface area contributed by atoms with E-state index in [1.54, 1.807) is 6.20 Å². The maximum Gasteiger partial charge on any atom is 0.262 e. The van der Waals surface area contributed by atoms with E-state index in [4.69, 9.17) is 10.7 Å². The number of hydrogen-bond acceptors (Lipinski definition) is 3. The van der Waals surface area contributed by atoms with Crippen molar-refractivity contribution in [1.29, 1.82) is 0 Å². The van der Waals surface area contributed by atoms with Gasteiger partial charge in [-0.1, -0.05) is 6.92 Å². The number of halogens is 1. The molecule has 0 saturated carbocycles. The lowest BCUT2D eigenvalue weighted by atomic mass is 10.2. The van der Waals surface area contributed by atoms with Gasteiger partial charge >= 0.3 is 0 Å². The van der Waals surface area contributed by atoms with Gasteiger partial charge < -0.3 is 0 Å². The predicted molar refractivity (Wildman–Crippen MR) is 46.7 cm³/mol. The number of pyridine rings is 1. The van der Waals surface area contributed by atoms with Crippen molar-refractivity contribution in [3.63, 3.8) is 0 Å². The molecule has 0 spiro atoms. The van der Waals surface area contributed by atoms with Gasteiger partial charge in [0.1, 0.15) is 4.90 Å². The first-order valence-electron chi connectivity index (χ1n) is 3.42. The van der Waals surface area contributed by atoms with E-state index in [9.17, 15) is 8.42 Å². The second-order valence-corrected chi connectivity index (χ2v) is 4.89. The van der Waals surface area contributed by atoms with E-state index in [-0.39, 0.29) is 4.90 Å². The van der Waals surface area contributed by atoms with Gasteiger partial charge in [-0.05, 0) is 18.1 Å². The van der Waals surface area contributed by atoms with Crippen LogP contribution in [0.3, 0.4) is 0 Å². The minimum absolute atomic E-state index is 0.0588. The minimum Gasteiger partial charge on any atom is -0.263 e. The monoisotopic (exact) mass is 205 g/mol. The second-order valence-electron chi connectivity index (χ2n) is 2.32. The molecule has 0 aliphatic heterocycles. The molecule has 0 aromatic carbocycles. The second kappa shape index (κ2) is 3.41. The van der Waals surface area contributed by atoms with Crippen molar-refractivity contribution in [2.24, 2.45) is 0 Å². The fourth-order valence-corrected chi connectivity index (χ4v) is 1.52. The van der Waals surface area contributed by atoms with E-state index in [0.29, 0.717) is 0 Å². The number of hydrogen-bond donors (Lipinski definition) is 0. The third-order valence-electron chi connectivity index (χ3n) is 1.46. The molecule has 0 aliphatic rings. The van der Waals surface area contributed by atoms with E-state index in [1.807, 2.05) is 6.92 Å². The van der Waals surface area contributed by atoms with Crippen LogP contribution in [-0.4, -0.2) is 13.4 Å². The van der Waals surface area contributed by atoms with Gasteiger partial charge in [-0.3, -0.25) is 4.98 Å². The Morgan fingerprint density at radius 1 is 1.50 bits per heavy atom. The molecule has 12 heavy (non-hydrogen) atoms. The summed E-state index contributed by atoms with van der Waals surface area (Å²) in [7, 11) is 1.49. The molecule has 0 N–H and O–H groups in total. The van der Waals surface area contributed by atoms with Crippen LogP contribution in [-0.2, 0) is 15.5 Å². The average molecular weight is 206 g/mol. The lowest BCUT2D eigenvalue weighted by Gasteiger charge is -1.97. The highest BCUT2D eigenvalue weighted by Crippen LogP contribution is 2.14. The average Bonchev–Trinajstić information content (AvgIpc) is 2.03. The fourth-order valence-electron chi connectivity index (χ4n) is 0.790. The lowest BCUT2D eigenvalue weighted by Crippen LogP contribution is -1.93. The zero-order valence-corrected chi connectivity index (χ0v) is 8.06. The van der Waals surface area contributed by atoms with Crippen molar-refractivity contribution < 1.29 is 8.42 Å². The van der Waals surface area contributed by atoms with Crippen molar-refractivity contribution in [1.82, 2.24) is 4.98 Å². The maximum absolute atomic E-state index is 10.8. The van der Waals surface area contributed by atoms with Crippen LogP contribution in [0.15, 0.2) is 23.4 Å².